The quantitative estimate of drug-likeness (QED) is 0.815. The molecule has 82 valence electrons. The molecule has 2 nitrogen and oxygen atoms in total. The summed E-state index contributed by atoms with van der Waals surface area (Å²) < 4.78 is 0. The number of nitrogens with zero attached hydrogens (tertiary/aromatic N) is 1. The van der Waals surface area contributed by atoms with Crippen LogP contribution in [0.4, 0.5) is 0 Å². The lowest BCUT2D eigenvalue weighted by Gasteiger charge is -2.15. The Morgan fingerprint density at radius 3 is 3.07 bits per heavy atom. The van der Waals surface area contributed by atoms with Crippen molar-refractivity contribution < 1.29 is 0 Å². The molecule has 1 N–H and O–H groups in total. The minimum Gasteiger partial charge on any atom is -0.312 e. The monoisotopic (exact) mass is 204 g/mol. The van der Waals surface area contributed by atoms with Gasteiger partial charge in [0, 0.05) is 18.9 Å². The van der Waals surface area contributed by atoms with Gasteiger partial charge in [0.25, 0.3) is 0 Å². The summed E-state index contributed by atoms with van der Waals surface area (Å²) in [6.45, 7) is 4.50. The van der Waals surface area contributed by atoms with Crippen LogP contribution < -0.4 is 5.32 Å². The molecule has 1 aromatic heterocycles. The minimum absolute atomic E-state index is 0.890. The van der Waals surface area contributed by atoms with Crippen molar-refractivity contribution in [2.75, 3.05) is 6.54 Å². The van der Waals surface area contributed by atoms with Gasteiger partial charge in [-0.2, -0.15) is 0 Å². The highest BCUT2D eigenvalue weighted by atomic mass is 14.9. The highest BCUT2D eigenvalue weighted by Gasteiger charge is 2.22. The first-order valence-electron chi connectivity index (χ1n) is 5.96. The predicted octanol–water partition coefficient (Wildman–Crippen LogP) is 2.61. The Kier molecular flexibility index (Phi) is 3.73. The van der Waals surface area contributed by atoms with E-state index in [0.717, 1.165) is 24.9 Å². The van der Waals surface area contributed by atoms with Crippen molar-refractivity contribution in [3.63, 3.8) is 0 Å². The lowest BCUT2D eigenvalue weighted by Crippen LogP contribution is -2.23. The van der Waals surface area contributed by atoms with Crippen LogP contribution in [0.1, 0.15) is 31.7 Å². The molecule has 1 aromatic rings. The van der Waals surface area contributed by atoms with Gasteiger partial charge >= 0.3 is 0 Å². The van der Waals surface area contributed by atoms with Crippen LogP contribution in [0.25, 0.3) is 0 Å². The second-order valence-electron chi connectivity index (χ2n) is 4.66. The third-order valence-corrected chi connectivity index (χ3v) is 3.50. The van der Waals surface area contributed by atoms with E-state index < -0.39 is 0 Å². The molecule has 0 spiro atoms. The Balaban J connectivity index is 1.71. The van der Waals surface area contributed by atoms with Crippen molar-refractivity contribution in [2.45, 2.75) is 32.7 Å². The normalized spacial score (nSPS) is 25.7. The molecular formula is C13H20N2. The summed E-state index contributed by atoms with van der Waals surface area (Å²) in [6.07, 6.45) is 7.99. The SMILES string of the molecule is CC1CCCC1CNCc1cccnc1. The van der Waals surface area contributed by atoms with Gasteiger partial charge in [0.05, 0.1) is 0 Å². The van der Waals surface area contributed by atoms with Gasteiger partial charge in [-0.25, -0.2) is 0 Å². The fourth-order valence-corrected chi connectivity index (χ4v) is 2.43. The van der Waals surface area contributed by atoms with Crippen molar-refractivity contribution >= 4 is 0 Å². The third-order valence-electron chi connectivity index (χ3n) is 3.50. The second-order valence-corrected chi connectivity index (χ2v) is 4.66. The van der Waals surface area contributed by atoms with Crippen LogP contribution in [0, 0.1) is 11.8 Å². The molecule has 2 heteroatoms. The summed E-state index contributed by atoms with van der Waals surface area (Å²) in [5, 5.41) is 3.53. The summed E-state index contributed by atoms with van der Waals surface area (Å²) in [5.74, 6) is 1.80. The van der Waals surface area contributed by atoms with E-state index in [4.69, 9.17) is 0 Å². The molecule has 0 aliphatic heterocycles. The van der Waals surface area contributed by atoms with Crippen LogP contribution in [0.5, 0.6) is 0 Å². The van der Waals surface area contributed by atoms with E-state index in [1.54, 1.807) is 0 Å². The molecule has 0 amide bonds. The number of hydrogen-bond acceptors (Lipinski definition) is 2. The van der Waals surface area contributed by atoms with E-state index >= 15 is 0 Å². The van der Waals surface area contributed by atoms with Gasteiger partial charge in [0.15, 0.2) is 0 Å². The van der Waals surface area contributed by atoms with Gasteiger partial charge in [-0.3, -0.25) is 4.98 Å². The van der Waals surface area contributed by atoms with Crippen molar-refractivity contribution in [1.82, 2.24) is 10.3 Å². The highest BCUT2D eigenvalue weighted by Crippen LogP contribution is 2.30. The molecule has 1 fully saturated rings. The van der Waals surface area contributed by atoms with E-state index in [1.807, 2.05) is 18.5 Å². The highest BCUT2D eigenvalue weighted by molar-refractivity contribution is 5.07. The van der Waals surface area contributed by atoms with Crippen LogP contribution in [-0.4, -0.2) is 11.5 Å². The molecule has 1 aliphatic carbocycles. The molecule has 1 aliphatic rings. The lowest BCUT2D eigenvalue weighted by molar-refractivity contribution is 0.392. The van der Waals surface area contributed by atoms with E-state index in [0.29, 0.717) is 0 Å². The van der Waals surface area contributed by atoms with Crippen LogP contribution in [0.2, 0.25) is 0 Å². The van der Waals surface area contributed by atoms with Gasteiger partial charge in [-0.15, -0.1) is 0 Å². The lowest BCUT2D eigenvalue weighted by atomic mass is 9.98. The van der Waals surface area contributed by atoms with Crippen molar-refractivity contribution in [1.29, 1.82) is 0 Å². The standard InChI is InChI=1S/C13H20N2/c1-11-4-2-6-13(11)10-15-9-12-5-3-7-14-8-12/h3,5,7-8,11,13,15H,2,4,6,9-10H2,1H3. The Hall–Kier alpha value is -0.890. The zero-order chi connectivity index (χ0) is 10.5. The maximum atomic E-state index is 4.11. The molecule has 2 atom stereocenters. The van der Waals surface area contributed by atoms with Crippen molar-refractivity contribution in [2.24, 2.45) is 11.8 Å². The predicted molar refractivity (Wildman–Crippen MR) is 62.4 cm³/mol. The summed E-state index contributed by atoms with van der Waals surface area (Å²) in [5.41, 5.74) is 1.28. The minimum atomic E-state index is 0.890. The van der Waals surface area contributed by atoms with Crippen LogP contribution in [0.3, 0.4) is 0 Å². The Morgan fingerprint density at radius 2 is 2.40 bits per heavy atom. The molecule has 0 radical (unpaired) electrons. The first kappa shape index (κ1) is 10.6. The maximum Gasteiger partial charge on any atom is 0.0312 e. The Bertz CT molecular complexity index is 284. The molecule has 0 bridgehead atoms. The number of rotatable bonds is 4. The summed E-state index contributed by atoms with van der Waals surface area (Å²) in [6, 6.07) is 4.12. The molecular weight excluding hydrogens is 184 g/mol. The van der Waals surface area contributed by atoms with Gasteiger partial charge in [-0.05, 0) is 36.4 Å². The molecule has 15 heavy (non-hydrogen) atoms. The van der Waals surface area contributed by atoms with E-state index in [1.165, 1.54) is 24.8 Å². The van der Waals surface area contributed by atoms with Gasteiger partial charge in [0.2, 0.25) is 0 Å². The fraction of sp³-hybridized carbons (Fsp3) is 0.615. The molecule has 0 aromatic carbocycles. The average Bonchev–Trinajstić information content (AvgIpc) is 2.66. The van der Waals surface area contributed by atoms with Crippen molar-refractivity contribution in [3.8, 4) is 0 Å². The van der Waals surface area contributed by atoms with Crippen molar-refractivity contribution in [3.05, 3.63) is 30.1 Å². The Labute approximate surface area is 92.1 Å². The zero-order valence-electron chi connectivity index (χ0n) is 9.45. The molecule has 2 unspecified atom stereocenters. The first-order valence-corrected chi connectivity index (χ1v) is 5.96. The average molecular weight is 204 g/mol. The maximum absolute atomic E-state index is 4.11. The number of aromatic nitrogens is 1. The number of hydrogen-bond donors (Lipinski definition) is 1. The first-order chi connectivity index (χ1) is 7.36. The second kappa shape index (κ2) is 5.26. The molecule has 0 saturated heterocycles. The van der Waals surface area contributed by atoms with E-state index in [9.17, 15) is 0 Å². The zero-order valence-corrected chi connectivity index (χ0v) is 9.45. The third kappa shape index (κ3) is 3.03. The van der Waals surface area contributed by atoms with Gasteiger partial charge in [-0.1, -0.05) is 25.8 Å². The Morgan fingerprint density at radius 1 is 1.47 bits per heavy atom. The molecule has 1 heterocycles. The number of pyridine rings is 1. The summed E-state index contributed by atoms with van der Waals surface area (Å²) in [7, 11) is 0. The molecule has 2 rings (SSSR count). The largest absolute Gasteiger partial charge is 0.312 e. The van der Waals surface area contributed by atoms with Gasteiger partial charge in [0.1, 0.15) is 0 Å². The fourth-order valence-electron chi connectivity index (χ4n) is 2.43. The summed E-state index contributed by atoms with van der Waals surface area (Å²) in [4.78, 5) is 4.11. The van der Waals surface area contributed by atoms with Crippen LogP contribution in [-0.2, 0) is 6.54 Å². The van der Waals surface area contributed by atoms with E-state index in [-0.39, 0.29) is 0 Å². The molecule has 1 saturated carbocycles. The number of nitrogens with one attached hydrogen (secondary N) is 1. The van der Waals surface area contributed by atoms with Gasteiger partial charge < -0.3 is 5.32 Å². The van der Waals surface area contributed by atoms with Crippen LogP contribution >= 0.6 is 0 Å². The smallest absolute Gasteiger partial charge is 0.0312 e. The van der Waals surface area contributed by atoms with Crippen LogP contribution in [0.15, 0.2) is 24.5 Å². The van der Waals surface area contributed by atoms with E-state index in [2.05, 4.69) is 23.3 Å². The summed E-state index contributed by atoms with van der Waals surface area (Å²) >= 11 is 0. The topological polar surface area (TPSA) is 24.9 Å².